The van der Waals surface area contributed by atoms with E-state index >= 15 is 0 Å². The molecule has 1 aromatic carbocycles. The van der Waals surface area contributed by atoms with Gasteiger partial charge in [-0.05, 0) is 18.9 Å². The number of nitrogens with one attached hydrogen (secondary N) is 1. The summed E-state index contributed by atoms with van der Waals surface area (Å²) in [6.07, 6.45) is 8.67. The third kappa shape index (κ3) is 4.91. The van der Waals surface area contributed by atoms with Crippen LogP contribution in [0.3, 0.4) is 0 Å². The fourth-order valence-corrected chi connectivity index (χ4v) is 2.12. The van der Waals surface area contributed by atoms with Crippen LogP contribution in [0.2, 0.25) is 0 Å². The SMILES string of the molecule is CCOC(=O)C(C/C=C/c1ccccc1)Cc1cnc[nH]1. The molecule has 0 aliphatic carbocycles. The van der Waals surface area contributed by atoms with Gasteiger partial charge in [0.1, 0.15) is 0 Å². The van der Waals surface area contributed by atoms with E-state index in [9.17, 15) is 4.79 Å². The molecular weight excluding hydrogens is 264 g/mol. The minimum absolute atomic E-state index is 0.162. The molecule has 0 radical (unpaired) electrons. The van der Waals surface area contributed by atoms with E-state index in [1.54, 1.807) is 12.5 Å². The molecule has 0 amide bonds. The number of allylic oxidation sites excluding steroid dienone is 1. The smallest absolute Gasteiger partial charge is 0.309 e. The molecule has 0 aliphatic heterocycles. The fourth-order valence-electron chi connectivity index (χ4n) is 2.12. The van der Waals surface area contributed by atoms with Crippen molar-refractivity contribution in [1.82, 2.24) is 9.97 Å². The highest BCUT2D eigenvalue weighted by atomic mass is 16.5. The number of aromatic nitrogens is 2. The monoisotopic (exact) mass is 284 g/mol. The average molecular weight is 284 g/mol. The van der Waals surface area contributed by atoms with Gasteiger partial charge >= 0.3 is 5.97 Å². The molecule has 0 aliphatic rings. The minimum atomic E-state index is -0.189. The number of rotatable bonds is 7. The largest absolute Gasteiger partial charge is 0.466 e. The molecule has 0 fully saturated rings. The Bertz CT molecular complexity index is 562. The van der Waals surface area contributed by atoms with E-state index in [0.29, 0.717) is 19.4 Å². The number of imidazole rings is 1. The van der Waals surface area contributed by atoms with Crippen LogP contribution in [-0.2, 0) is 16.0 Å². The van der Waals surface area contributed by atoms with Crippen LogP contribution in [-0.4, -0.2) is 22.5 Å². The first kappa shape index (κ1) is 15.0. The van der Waals surface area contributed by atoms with Gasteiger partial charge in [-0.15, -0.1) is 0 Å². The van der Waals surface area contributed by atoms with Crippen LogP contribution in [0, 0.1) is 5.92 Å². The molecule has 1 unspecified atom stereocenters. The first-order chi connectivity index (χ1) is 10.3. The van der Waals surface area contributed by atoms with Gasteiger partial charge in [0.2, 0.25) is 0 Å². The lowest BCUT2D eigenvalue weighted by molar-refractivity contribution is -0.147. The van der Waals surface area contributed by atoms with Crippen LogP contribution >= 0.6 is 0 Å². The van der Waals surface area contributed by atoms with Gasteiger partial charge in [0, 0.05) is 18.3 Å². The normalized spacial score (nSPS) is 12.4. The van der Waals surface area contributed by atoms with Crippen molar-refractivity contribution in [2.24, 2.45) is 5.92 Å². The Kier molecular flexibility index (Phi) is 5.76. The Balaban J connectivity index is 1.98. The second-order valence-electron chi connectivity index (χ2n) is 4.78. The Morgan fingerprint density at radius 1 is 1.38 bits per heavy atom. The van der Waals surface area contributed by atoms with Gasteiger partial charge < -0.3 is 9.72 Å². The van der Waals surface area contributed by atoms with Gasteiger partial charge in [0.05, 0.1) is 18.9 Å². The number of ether oxygens (including phenoxy) is 1. The summed E-state index contributed by atoms with van der Waals surface area (Å²) in [6, 6.07) is 10.0. The van der Waals surface area contributed by atoms with Crippen molar-refractivity contribution in [2.75, 3.05) is 6.61 Å². The molecule has 110 valence electrons. The molecule has 1 heterocycles. The van der Waals surface area contributed by atoms with E-state index < -0.39 is 0 Å². The molecule has 21 heavy (non-hydrogen) atoms. The van der Waals surface area contributed by atoms with Crippen LogP contribution in [0.1, 0.15) is 24.6 Å². The third-order valence-corrected chi connectivity index (χ3v) is 3.17. The summed E-state index contributed by atoms with van der Waals surface area (Å²) in [4.78, 5) is 19.0. The maximum Gasteiger partial charge on any atom is 0.309 e. The molecule has 0 saturated carbocycles. The lowest BCUT2D eigenvalue weighted by Crippen LogP contribution is -2.19. The zero-order valence-corrected chi connectivity index (χ0v) is 12.2. The van der Waals surface area contributed by atoms with Crippen molar-refractivity contribution in [3.05, 3.63) is 60.2 Å². The van der Waals surface area contributed by atoms with Crippen LogP contribution in [0.4, 0.5) is 0 Å². The Morgan fingerprint density at radius 2 is 2.19 bits per heavy atom. The summed E-state index contributed by atoms with van der Waals surface area (Å²) in [5.74, 6) is -0.352. The molecule has 2 rings (SSSR count). The Labute approximate surface area is 124 Å². The van der Waals surface area contributed by atoms with E-state index in [-0.39, 0.29) is 11.9 Å². The number of hydrogen-bond acceptors (Lipinski definition) is 3. The number of carbonyl (C=O) groups is 1. The number of esters is 1. The van der Waals surface area contributed by atoms with E-state index in [0.717, 1.165) is 11.3 Å². The second kappa shape index (κ2) is 8.04. The molecule has 1 N–H and O–H groups in total. The maximum absolute atomic E-state index is 12.0. The predicted octanol–water partition coefficient (Wildman–Crippen LogP) is 3.24. The molecular formula is C17H20N2O2. The zero-order chi connectivity index (χ0) is 14.9. The lowest BCUT2D eigenvalue weighted by atomic mass is 9.99. The molecule has 1 atom stereocenters. The number of nitrogens with zero attached hydrogens (tertiary/aromatic N) is 1. The molecule has 2 aromatic rings. The fraction of sp³-hybridized carbons (Fsp3) is 0.294. The van der Waals surface area contributed by atoms with E-state index in [4.69, 9.17) is 4.74 Å². The quantitative estimate of drug-likeness (QED) is 0.794. The van der Waals surface area contributed by atoms with Gasteiger partial charge in [-0.2, -0.15) is 0 Å². The van der Waals surface area contributed by atoms with Gasteiger partial charge in [-0.1, -0.05) is 42.5 Å². The van der Waals surface area contributed by atoms with Crippen molar-refractivity contribution in [1.29, 1.82) is 0 Å². The van der Waals surface area contributed by atoms with E-state index in [1.807, 2.05) is 49.4 Å². The van der Waals surface area contributed by atoms with Gasteiger partial charge in [-0.25, -0.2) is 4.98 Å². The number of carbonyl (C=O) groups excluding carboxylic acids is 1. The van der Waals surface area contributed by atoms with Crippen molar-refractivity contribution in [3.63, 3.8) is 0 Å². The van der Waals surface area contributed by atoms with Crippen molar-refractivity contribution < 1.29 is 9.53 Å². The highest BCUT2D eigenvalue weighted by molar-refractivity contribution is 5.73. The molecule has 0 saturated heterocycles. The Morgan fingerprint density at radius 3 is 2.86 bits per heavy atom. The molecule has 0 bridgehead atoms. The number of benzene rings is 1. The summed E-state index contributed by atoms with van der Waals surface area (Å²) in [5, 5.41) is 0. The topological polar surface area (TPSA) is 55.0 Å². The maximum atomic E-state index is 12.0. The minimum Gasteiger partial charge on any atom is -0.466 e. The first-order valence-electron chi connectivity index (χ1n) is 7.15. The van der Waals surface area contributed by atoms with Crippen molar-refractivity contribution in [3.8, 4) is 0 Å². The lowest BCUT2D eigenvalue weighted by Gasteiger charge is -2.12. The van der Waals surface area contributed by atoms with Gasteiger partial charge in [0.15, 0.2) is 0 Å². The molecule has 0 spiro atoms. The van der Waals surface area contributed by atoms with Crippen molar-refractivity contribution >= 4 is 12.0 Å². The standard InChI is InChI=1S/C17H20N2O2/c1-2-21-17(20)15(11-16-12-18-13-19-16)10-6-9-14-7-4-3-5-8-14/h3-9,12-13,15H,2,10-11H2,1H3,(H,18,19)/b9-6+. The van der Waals surface area contributed by atoms with Gasteiger partial charge in [-0.3, -0.25) is 4.79 Å². The van der Waals surface area contributed by atoms with Crippen LogP contribution < -0.4 is 0 Å². The highest BCUT2D eigenvalue weighted by Gasteiger charge is 2.19. The number of aromatic amines is 1. The first-order valence-corrected chi connectivity index (χ1v) is 7.15. The van der Waals surface area contributed by atoms with Crippen LogP contribution in [0.15, 0.2) is 48.9 Å². The summed E-state index contributed by atoms with van der Waals surface area (Å²) >= 11 is 0. The summed E-state index contributed by atoms with van der Waals surface area (Å²) in [5.41, 5.74) is 2.07. The van der Waals surface area contributed by atoms with E-state index in [2.05, 4.69) is 9.97 Å². The number of H-pyrrole nitrogens is 1. The molecule has 4 heteroatoms. The summed E-state index contributed by atoms with van der Waals surface area (Å²) in [6.45, 7) is 2.23. The average Bonchev–Trinajstić information content (AvgIpc) is 3.00. The summed E-state index contributed by atoms with van der Waals surface area (Å²) < 4.78 is 5.15. The highest BCUT2D eigenvalue weighted by Crippen LogP contribution is 2.14. The molecule has 1 aromatic heterocycles. The van der Waals surface area contributed by atoms with Crippen molar-refractivity contribution in [2.45, 2.75) is 19.8 Å². The number of hydrogen-bond donors (Lipinski definition) is 1. The summed E-state index contributed by atoms with van der Waals surface area (Å²) in [7, 11) is 0. The molecule has 4 nitrogen and oxygen atoms in total. The second-order valence-corrected chi connectivity index (χ2v) is 4.78. The zero-order valence-electron chi connectivity index (χ0n) is 12.2. The van der Waals surface area contributed by atoms with Crippen LogP contribution in [0.25, 0.3) is 6.08 Å². The van der Waals surface area contributed by atoms with Crippen LogP contribution in [0.5, 0.6) is 0 Å². The van der Waals surface area contributed by atoms with E-state index in [1.165, 1.54) is 0 Å². The predicted molar refractivity (Wildman–Crippen MR) is 82.5 cm³/mol. The third-order valence-electron chi connectivity index (χ3n) is 3.17. The van der Waals surface area contributed by atoms with Gasteiger partial charge in [0.25, 0.3) is 0 Å². The Hall–Kier alpha value is -2.36.